The largest absolute Gasteiger partial charge is 0.286 e. The third-order valence-electron chi connectivity index (χ3n) is 3.87. The fraction of sp³-hybridized carbons (Fsp3) is 0.0455. The van der Waals surface area contributed by atoms with Crippen molar-refractivity contribution in [3.8, 4) is 20.9 Å². The second-order valence-electron chi connectivity index (χ2n) is 5.67. The fourth-order valence-electron chi connectivity index (χ4n) is 2.63. The Balaban J connectivity index is 1.42. The van der Waals surface area contributed by atoms with Crippen LogP contribution in [0.2, 0.25) is 0 Å². The molecule has 0 bridgehead atoms. The Hall–Kier alpha value is -2.49. The van der Waals surface area contributed by atoms with Crippen LogP contribution in [0.1, 0.15) is 9.75 Å². The van der Waals surface area contributed by atoms with E-state index in [0.717, 1.165) is 6.54 Å². The summed E-state index contributed by atoms with van der Waals surface area (Å²) in [5.41, 5.74) is 2.53. The molecule has 0 aliphatic rings. The molecule has 0 amide bonds. The molecule has 0 fully saturated rings. The first kappa shape index (κ1) is 16.0. The first-order valence-corrected chi connectivity index (χ1v) is 9.81. The first-order valence-electron chi connectivity index (χ1n) is 8.18. The summed E-state index contributed by atoms with van der Waals surface area (Å²) >= 11 is 3.59. The van der Waals surface area contributed by atoms with Crippen LogP contribution in [-0.4, -0.2) is 6.21 Å². The molecule has 0 unspecified atom stereocenters. The molecule has 2 aromatic heterocycles. The van der Waals surface area contributed by atoms with Crippen LogP contribution in [0.15, 0.2) is 89.9 Å². The minimum Gasteiger partial charge on any atom is -0.286 e. The van der Waals surface area contributed by atoms with Crippen molar-refractivity contribution >= 4 is 28.9 Å². The van der Waals surface area contributed by atoms with Crippen molar-refractivity contribution in [1.82, 2.24) is 0 Å². The Kier molecular flexibility index (Phi) is 4.86. The molecule has 0 spiro atoms. The summed E-state index contributed by atoms with van der Waals surface area (Å²) in [7, 11) is 0. The Morgan fingerprint density at radius 1 is 0.640 bits per heavy atom. The van der Waals surface area contributed by atoms with Crippen LogP contribution in [0.3, 0.4) is 0 Å². The highest BCUT2D eigenvalue weighted by atomic mass is 32.1. The summed E-state index contributed by atoms with van der Waals surface area (Å²) in [6.07, 6.45) is 1.99. The summed E-state index contributed by atoms with van der Waals surface area (Å²) in [6.45, 7) is 0.732. The van der Waals surface area contributed by atoms with Gasteiger partial charge in [0.15, 0.2) is 0 Å². The van der Waals surface area contributed by atoms with E-state index in [1.54, 1.807) is 11.3 Å². The lowest BCUT2D eigenvalue weighted by Gasteiger charge is -1.95. The Labute approximate surface area is 156 Å². The maximum atomic E-state index is 4.62. The number of aliphatic imine (C=N–C) groups is 1. The minimum atomic E-state index is 0.732. The van der Waals surface area contributed by atoms with Crippen molar-refractivity contribution in [2.75, 3.05) is 0 Å². The number of hydrogen-bond acceptors (Lipinski definition) is 3. The highest BCUT2D eigenvalue weighted by Crippen LogP contribution is 2.29. The average molecular weight is 360 g/mol. The van der Waals surface area contributed by atoms with Gasteiger partial charge in [-0.05, 0) is 35.4 Å². The number of rotatable bonds is 5. The molecule has 0 radical (unpaired) electrons. The van der Waals surface area contributed by atoms with Gasteiger partial charge in [0.1, 0.15) is 0 Å². The molecule has 1 nitrogen and oxygen atoms in total. The molecule has 0 saturated heterocycles. The average Bonchev–Trinajstić information content (AvgIpc) is 3.33. The zero-order valence-electron chi connectivity index (χ0n) is 13.6. The van der Waals surface area contributed by atoms with E-state index in [1.807, 2.05) is 29.7 Å². The number of benzene rings is 2. The van der Waals surface area contributed by atoms with Crippen LogP contribution in [0, 0.1) is 0 Å². The van der Waals surface area contributed by atoms with Gasteiger partial charge in [0.25, 0.3) is 0 Å². The molecule has 0 aliphatic heterocycles. The molecule has 2 heterocycles. The smallest absolute Gasteiger partial charge is 0.0733 e. The van der Waals surface area contributed by atoms with E-state index in [-0.39, 0.29) is 0 Å². The van der Waals surface area contributed by atoms with Crippen molar-refractivity contribution in [2.24, 2.45) is 4.99 Å². The van der Waals surface area contributed by atoms with E-state index in [9.17, 15) is 0 Å². The van der Waals surface area contributed by atoms with Gasteiger partial charge in [0.05, 0.1) is 6.54 Å². The summed E-state index contributed by atoms with van der Waals surface area (Å²) in [4.78, 5) is 9.68. The summed E-state index contributed by atoms with van der Waals surface area (Å²) < 4.78 is 0. The molecule has 4 aromatic rings. The van der Waals surface area contributed by atoms with E-state index in [0.29, 0.717) is 0 Å². The Bertz CT molecular complexity index is 965. The second-order valence-corrected chi connectivity index (χ2v) is 7.95. The van der Waals surface area contributed by atoms with Gasteiger partial charge in [-0.25, -0.2) is 0 Å². The fourth-order valence-corrected chi connectivity index (χ4v) is 4.48. The van der Waals surface area contributed by atoms with Crippen molar-refractivity contribution in [1.29, 1.82) is 0 Å². The second kappa shape index (κ2) is 7.60. The zero-order valence-corrected chi connectivity index (χ0v) is 15.3. The van der Waals surface area contributed by atoms with Gasteiger partial charge >= 0.3 is 0 Å². The molecule has 122 valence electrons. The van der Waals surface area contributed by atoms with E-state index in [1.165, 1.54) is 30.6 Å². The lowest BCUT2D eigenvalue weighted by molar-refractivity contribution is 1.11. The number of hydrogen-bond donors (Lipinski definition) is 0. The van der Waals surface area contributed by atoms with Gasteiger partial charge < -0.3 is 0 Å². The predicted octanol–water partition coefficient (Wildman–Crippen LogP) is 6.76. The number of thiophene rings is 2. The molecule has 0 N–H and O–H groups in total. The summed E-state index contributed by atoms with van der Waals surface area (Å²) in [5, 5.41) is 0. The molecule has 0 aliphatic carbocycles. The lowest BCUT2D eigenvalue weighted by atomic mass is 10.2. The van der Waals surface area contributed by atoms with Crippen LogP contribution in [-0.2, 0) is 6.54 Å². The van der Waals surface area contributed by atoms with Gasteiger partial charge in [0.2, 0.25) is 0 Å². The molecule has 0 atom stereocenters. The summed E-state index contributed by atoms with van der Waals surface area (Å²) in [6, 6.07) is 29.6. The maximum Gasteiger partial charge on any atom is 0.0733 e. The predicted molar refractivity (Wildman–Crippen MR) is 111 cm³/mol. The van der Waals surface area contributed by atoms with Crippen LogP contribution in [0.5, 0.6) is 0 Å². The van der Waals surface area contributed by atoms with Gasteiger partial charge in [-0.1, -0.05) is 60.7 Å². The van der Waals surface area contributed by atoms with Crippen molar-refractivity contribution in [3.05, 3.63) is 94.7 Å². The molecule has 0 saturated carbocycles. The van der Waals surface area contributed by atoms with E-state index < -0.39 is 0 Å². The van der Waals surface area contributed by atoms with Gasteiger partial charge in [-0.2, -0.15) is 0 Å². The Morgan fingerprint density at radius 3 is 1.92 bits per heavy atom. The zero-order chi connectivity index (χ0) is 16.9. The summed E-state index contributed by atoms with van der Waals surface area (Å²) in [5.74, 6) is 0. The van der Waals surface area contributed by atoms with E-state index >= 15 is 0 Å². The highest BCUT2D eigenvalue weighted by molar-refractivity contribution is 7.17. The lowest BCUT2D eigenvalue weighted by Crippen LogP contribution is -1.76. The van der Waals surface area contributed by atoms with Crippen LogP contribution < -0.4 is 0 Å². The number of nitrogens with zero attached hydrogens (tertiary/aromatic N) is 1. The molecular weight excluding hydrogens is 342 g/mol. The SMILES string of the molecule is C(=N\Cc1ccc(-c2ccccc2)s1)/c1ccc(-c2ccccc2)s1. The maximum absolute atomic E-state index is 4.62. The van der Waals surface area contributed by atoms with Crippen LogP contribution in [0.4, 0.5) is 0 Å². The third kappa shape index (κ3) is 3.95. The van der Waals surface area contributed by atoms with Crippen molar-refractivity contribution in [2.45, 2.75) is 6.54 Å². The van der Waals surface area contributed by atoms with E-state index in [2.05, 4.69) is 77.8 Å². The van der Waals surface area contributed by atoms with Crippen molar-refractivity contribution in [3.63, 3.8) is 0 Å². The molecular formula is C22H17NS2. The highest BCUT2D eigenvalue weighted by Gasteiger charge is 2.03. The topological polar surface area (TPSA) is 12.4 Å². The van der Waals surface area contributed by atoms with Crippen LogP contribution >= 0.6 is 22.7 Å². The Morgan fingerprint density at radius 2 is 1.24 bits per heavy atom. The molecule has 3 heteroatoms. The normalized spacial score (nSPS) is 11.2. The third-order valence-corrected chi connectivity index (χ3v) is 6.06. The monoisotopic (exact) mass is 359 g/mol. The van der Waals surface area contributed by atoms with Crippen LogP contribution in [0.25, 0.3) is 20.9 Å². The van der Waals surface area contributed by atoms with Gasteiger partial charge in [-0.15, -0.1) is 22.7 Å². The molecule has 4 rings (SSSR count). The minimum absolute atomic E-state index is 0.732. The van der Waals surface area contributed by atoms with Crippen molar-refractivity contribution < 1.29 is 0 Å². The molecule has 2 aromatic carbocycles. The standard InChI is InChI=1S/C22H17NS2/c1-3-7-17(8-4-1)21-13-11-19(24-21)15-23-16-20-12-14-22(25-20)18-9-5-2-6-10-18/h1-15H,16H2/b23-15+. The van der Waals surface area contributed by atoms with Gasteiger partial charge in [-0.3, -0.25) is 4.99 Å². The first-order chi connectivity index (χ1) is 12.4. The molecule has 25 heavy (non-hydrogen) atoms. The quantitative estimate of drug-likeness (QED) is 0.349. The van der Waals surface area contributed by atoms with Gasteiger partial charge in [0, 0.05) is 25.7 Å². The van der Waals surface area contributed by atoms with E-state index in [4.69, 9.17) is 0 Å².